The van der Waals surface area contributed by atoms with Gasteiger partial charge >= 0.3 is 0 Å². The van der Waals surface area contributed by atoms with Gasteiger partial charge in [-0.15, -0.1) is 0 Å². The third kappa shape index (κ3) is 3.91. The first-order chi connectivity index (χ1) is 5.93. The predicted octanol–water partition coefficient (Wildman–Crippen LogP) is 2.90. The summed E-state index contributed by atoms with van der Waals surface area (Å²) in [7, 11) is 0. The Labute approximate surface area is 75.5 Å². The maximum Gasteiger partial charge on any atom is 0.0612 e. The Morgan fingerprint density at radius 1 is 1.00 bits per heavy atom. The normalized spacial score (nSPS) is 22.4. The van der Waals surface area contributed by atoms with Crippen molar-refractivity contribution in [1.82, 2.24) is 0 Å². The molecule has 1 nitrogen and oxygen atoms in total. The summed E-state index contributed by atoms with van der Waals surface area (Å²) in [6.07, 6.45) is 13.7. The van der Waals surface area contributed by atoms with Crippen molar-refractivity contribution >= 4 is 0 Å². The lowest BCUT2D eigenvalue weighted by Crippen LogP contribution is -2.00. The molecule has 0 spiro atoms. The van der Waals surface area contributed by atoms with Gasteiger partial charge in [0.15, 0.2) is 0 Å². The van der Waals surface area contributed by atoms with Gasteiger partial charge in [0, 0.05) is 0 Å². The van der Waals surface area contributed by atoms with E-state index in [1.54, 1.807) is 0 Å². The van der Waals surface area contributed by atoms with Crippen LogP contribution in [0.25, 0.3) is 0 Å². The first-order valence-electron chi connectivity index (χ1n) is 5.21. The van der Waals surface area contributed by atoms with E-state index in [9.17, 15) is 0 Å². The minimum Gasteiger partial charge on any atom is -0.392 e. The second-order valence-electron chi connectivity index (χ2n) is 3.72. The molecule has 0 heterocycles. The third-order valence-corrected chi connectivity index (χ3v) is 2.66. The highest BCUT2D eigenvalue weighted by Gasteiger charge is 2.07. The van der Waals surface area contributed by atoms with Gasteiger partial charge in [-0.05, 0) is 18.8 Å². The Morgan fingerprint density at radius 2 is 1.58 bits per heavy atom. The van der Waals surface area contributed by atoms with Crippen molar-refractivity contribution in [3.8, 4) is 0 Å². The maximum atomic E-state index is 8.64. The molecule has 0 aromatic rings. The largest absolute Gasteiger partial charge is 0.392 e. The average molecular weight is 168 g/mol. The summed E-state index contributed by atoms with van der Waals surface area (Å²) in [5.41, 5.74) is 0. The van der Waals surface area contributed by atoms with Crippen molar-refractivity contribution in [2.24, 2.45) is 5.92 Å². The van der Waals surface area contributed by atoms with Gasteiger partial charge in [0.1, 0.15) is 0 Å². The second kappa shape index (κ2) is 6.24. The van der Waals surface area contributed by atoms with E-state index in [1.165, 1.54) is 44.9 Å². The molecule has 0 aliphatic heterocycles. The highest BCUT2D eigenvalue weighted by atomic mass is 16.2. The molecule has 0 saturated heterocycles. The minimum absolute atomic E-state index is 0.205. The fraction of sp³-hybridized carbons (Fsp3) is 0.818. The van der Waals surface area contributed by atoms with E-state index in [4.69, 9.17) is 5.11 Å². The van der Waals surface area contributed by atoms with Crippen LogP contribution in [0, 0.1) is 5.92 Å². The van der Waals surface area contributed by atoms with Gasteiger partial charge in [-0.25, -0.2) is 0 Å². The van der Waals surface area contributed by atoms with Crippen molar-refractivity contribution in [3.63, 3.8) is 0 Å². The molecular weight excluding hydrogens is 148 g/mol. The van der Waals surface area contributed by atoms with Crippen LogP contribution >= 0.6 is 0 Å². The van der Waals surface area contributed by atoms with E-state index in [0.717, 1.165) is 5.92 Å². The monoisotopic (exact) mass is 168 g/mol. The molecule has 0 unspecified atom stereocenters. The molecule has 0 amide bonds. The molecule has 1 aliphatic rings. The van der Waals surface area contributed by atoms with E-state index in [2.05, 4.69) is 6.08 Å². The van der Waals surface area contributed by atoms with Gasteiger partial charge in [0.05, 0.1) is 6.61 Å². The molecule has 0 bridgehead atoms. The number of hydrogen-bond donors (Lipinski definition) is 1. The van der Waals surface area contributed by atoms with E-state index >= 15 is 0 Å². The Hall–Kier alpha value is -0.300. The van der Waals surface area contributed by atoms with E-state index in [0.29, 0.717) is 0 Å². The molecule has 0 aromatic carbocycles. The number of rotatable bonds is 2. The molecule has 70 valence electrons. The van der Waals surface area contributed by atoms with Crippen molar-refractivity contribution < 1.29 is 5.11 Å². The quantitative estimate of drug-likeness (QED) is 0.629. The Kier molecular flexibility index (Phi) is 5.09. The van der Waals surface area contributed by atoms with Gasteiger partial charge in [0.25, 0.3) is 0 Å². The molecule has 1 saturated carbocycles. The van der Waals surface area contributed by atoms with Crippen molar-refractivity contribution in [1.29, 1.82) is 0 Å². The van der Waals surface area contributed by atoms with Crippen LogP contribution in [0.2, 0.25) is 0 Å². The molecule has 1 N–H and O–H groups in total. The van der Waals surface area contributed by atoms with Gasteiger partial charge in [-0.3, -0.25) is 0 Å². The van der Waals surface area contributed by atoms with Gasteiger partial charge in [-0.2, -0.15) is 0 Å². The summed E-state index contributed by atoms with van der Waals surface area (Å²) in [5, 5.41) is 8.64. The molecule has 12 heavy (non-hydrogen) atoms. The van der Waals surface area contributed by atoms with Crippen LogP contribution < -0.4 is 0 Å². The Bertz CT molecular complexity index is 121. The Balaban J connectivity index is 2.24. The molecule has 1 rings (SSSR count). The Morgan fingerprint density at radius 3 is 2.17 bits per heavy atom. The number of aliphatic hydroxyl groups is 1. The van der Waals surface area contributed by atoms with Crippen molar-refractivity contribution in [2.75, 3.05) is 6.61 Å². The first kappa shape index (κ1) is 9.79. The van der Waals surface area contributed by atoms with Gasteiger partial charge in [0.2, 0.25) is 0 Å². The van der Waals surface area contributed by atoms with Gasteiger partial charge in [-0.1, -0.05) is 44.3 Å². The fourth-order valence-corrected chi connectivity index (χ4v) is 1.93. The molecule has 0 radical (unpaired) electrons. The number of aliphatic hydroxyl groups excluding tert-OH is 1. The topological polar surface area (TPSA) is 20.2 Å². The van der Waals surface area contributed by atoms with Crippen LogP contribution in [0.15, 0.2) is 12.2 Å². The van der Waals surface area contributed by atoms with Crippen LogP contribution in [0.5, 0.6) is 0 Å². The van der Waals surface area contributed by atoms with E-state index in [1.807, 2.05) is 6.08 Å². The van der Waals surface area contributed by atoms with Crippen LogP contribution in [0.3, 0.4) is 0 Å². The zero-order chi connectivity index (χ0) is 8.65. The molecule has 0 atom stereocenters. The zero-order valence-corrected chi connectivity index (χ0v) is 7.84. The lowest BCUT2D eigenvalue weighted by molar-refractivity contribution is 0.340. The zero-order valence-electron chi connectivity index (χ0n) is 7.84. The van der Waals surface area contributed by atoms with E-state index in [-0.39, 0.29) is 6.61 Å². The predicted molar refractivity (Wildman–Crippen MR) is 52.0 cm³/mol. The summed E-state index contributed by atoms with van der Waals surface area (Å²) in [4.78, 5) is 0. The summed E-state index contributed by atoms with van der Waals surface area (Å²) in [6.45, 7) is 0.205. The standard InChI is InChI=1S/C11H20O/c12-10-6-9-11-7-4-2-1-3-5-8-11/h6,9,11-12H,1-5,7-8,10H2. The smallest absolute Gasteiger partial charge is 0.0612 e. The highest BCUT2D eigenvalue weighted by Crippen LogP contribution is 2.22. The minimum atomic E-state index is 0.205. The highest BCUT2D eigenvalue weighted by molar-refractivity contribution is 4.88. The summed E-state index contributed by atoms with van der Waals surface area (Å²) in [5.74, 6) is 0.748. The second-order valence-corrected chi connectivity index (χ2v) is 3.72. The lowest BCUT2D eigenvalue weighted by Gasteiger charge is -2.15. The van der Waals surface area contributed by atoms with Crippen LogP contribution in [-0.2, 0) is 0 Å². The molecule has 1 heteroatoms. The SMILES string of the molecule is OCC=CC1CCCCCCC1. The van der Waals surface area contributed by atoms with Gasteiger partial charge < -0.3 is 5.11 Å². The maximum absolute atomic E-state index is 8.64. The fourth-order valence-electron chi connectivity index (χ4n) is 1.93. The first-order valence-corrected chi connectivity index (χ1v) is 5.21. The molecule has 1 fully saturated rings. The molecular formula is C11H20O. The van der Waals surface area contributed by atoms with Crippen LogP contribution in [0.4, 0.5) is 0 Å². The molecule has 1 aliphatic carbocycles. The van der Waals surface area contributed by atoms with Crippen LogP contribution in [-0.4, -0.2) is 11.7 Å². The molecule has 0 aromatic heterocycles. The summed E-state index contributed by atoms with van der Waals surface area (Å²) < 4.78 is 0. The third-order valence-electron chi connectivity index (χ3n) is 2.66. The number of allylic oxidation sites excluding steroid dienone is 1. The van der Waals surface area contributed by atoms with Crippen LogP contribution in [0.1, 0.15) is 44.9 Å². The summed E-state index contributed by atoms with van der Waals surface area (Å²) in [6, 6.07) is 0. The number of hydrogen-bond acceptors (Lipinski definition) is 1. The lowest BCUT2D eigenvalue weighted by atomic mass is 9.91. The van der Waals surface area contributed by atoms with E-state index < -0.39 is 0 Å². The van der Waals surface area contributed by atoms with Crippen molar-refractivity contribution in [2.45, 2.75) is 44.9 Å². The van der Waals surface area contributed by atoms with Crippen molar-refractivity contribution in [3.05, 3.63) is 12.2 Å². The summed E-state index contributed by atoms with van der Waals surface area (Å²) >= 11 is 0. The average Bonchev–Trinajstić information content (AvgIpc) is 2.02.